The number of carbonyl (C=O) groups is 3. The third kappa shape index (κ3) is 2.90. The molecule has 0 unspecified atom stereocenters. The maximum Gasteiger partial charge on any atom is 0.325 e. The lowest BCUT2D eigenvalue weighted by Crippen LogP contribution is -2.48. The van der Waals surface area contributed by atoms with Crippen LogP contribution < -0.4 is 10.6 Å². The highest BCUT2D eigenvalue weighted by atomic mass is 32.2. The number of amides is 4. The highest BCUT2D eigenvalue weighted by Gasteiger charge is 2.53. The Kier molecular flexibility index (Phi) is 4.19. The summed E-state index contributed by atoms with van der Waals surface area (Å²) in [4.78, 5) is 38.3. The Morgan fingerprint density at radius 2 is 2.20 bits per heavy atom. The number of aryl methyl sites for hydroxylation is 1. The van der Waals surface area contributed by atoms with Gasteiger partial charge in [-0.3, -0.25) is 14.5 Å². The fourth-order valence-electron chi connectivity index (χ4n) is 3.94. The minimum absolute atomic E-state index is 0.0470. The molecule has 25 heavy (non-hydrogen) atoms. The summed E-state index contributed by atoms with van der Waals surface area (Å²) in [6.45, 7) is -0.213. The van der Waals surface area contributed by atoms with Gasteiger partial charge in [-0.2, -0.15) is 11.8 Å². The van der Waals surface area contributed by atoms with Gasteiger partial charge in [0.15, 0.2) is 0 Å². The van der Waals surface area contributed by atoms with Gasteiger partial charge in [0.05, 0.1) is 6.04 Å². The summed E-state index contributed by atoms with van der Waals surface area (Å²) in [6, 6.07) is 7.61. The second kappa shape index (κ2) is 6.37. The second-order valence-electron chi connectivity index (χ2n) is 6.92. The van der Waals surface area contributed by atoms with Gasteiger partial charge in [0.25, 0.3) is 5.91 Å². The molecule has 0 aromatic heterocycles. The first-order valence-corrected chi connectivity index (χ1v) is 9.84. The minimum atomic E-state index is -0.792. The van der Waals surface area contributed by atoms with Crippen molar-refractivity contribution < 1.29 is 14.4 Å². The van der Waals surface area contributed by atoms with Crippen LogP contribution in [0.5, 0.6) is 0 Å². The molecule has 4 rings (SSSR count). The summed E-state index contributed by atoms with van der Waals surface area (Å²) < 4.78 is 0. The van der Waals surface area contributed by atoms with E-state index in [-0.39, 0.29) is 24.4 Å². The molecule has 2 saturated heterocycles. The van der Waals surface area contributed by atoms with Crippen LogP contribution in [0.3, 0.4) is 0 Å². The number of hydrogen-bond acceptors (Lipinski definition) is 4. The lowest BCUT2D eigenvalue weighted by Gasteiger charge is -2.27. The molecule has 1 aromatic carbocycles. The fraction of sp³-hybridized carbons (Fsp3) is 0.500. The molecule has 2 heterocycles. The Hall–Kier alpha value is -2.02. The van der Waals surface area contributed by atoms with Crippen LogP contribution in [0.25, 0.3) is 0 Å². The van der Waals surface area contributed by atoms with Crippen molar-refractivity contribution in [3.63, 3.8) is 0 Å². The minimum Gasteiger partial charge on any atom is -0.348 e. The quantitative estimate of drug-likeness (QED) is 0.804. The maximum atomic E-state index is 12.6. The molecule has 2 fully saturated rings. The van der Waals surface area contributed by atoms with Crippen LogP contribution in [0.1, 0.15) is 36.4 Å². The van der Waals surface area contributed by atoms with Gasteiger partial charge in [-0.05, 0) is 42.6 Å². The zero-order valence-electron chi connectivity index (χ0n) is 13.9. The molecular formula is C18H21N3O3S. The zero-order chi connectivity index (χ0) is 17.4. The third-order valence-corrected chi connectivity index (χ3v) is 6.46. The standard InChI is InChI=1S/C18H21N3O3S/c22-15(19-14-7-3-5-12-4-1-2-6-13(12)14)10-21-16(23)18(20-17(21)24)8-9-25-11-18/h1-2,4,6,14H,3,5,7-11H2,(H,19,22)(H,20,24)/t14-,18+/m1/s1. The van der Waals surface area contributed by atoms with Crippen LogP contribution in [-0.2, 0) is 16.0 Å². The smallest absolute Gasteiger partial charge is 0.325 e. The molecule has 2 N–H and O–H groups in total. The van der Waals surface area contributed by atoms with Gasteiger partial charge in [-0.15, -0.1) is 0 Å². The van der Waals surface area contributed by atoms with Gasteiger partial charge < -0.3 is 10.6 Å². The van der Waals surface area contributed by atoms with Crippen molar-refractivity contribution in [1.82, 2.24) is 15.5 Å². The average Bonchev–Trinajstić information content (AvgIpc) is 3.16. The van der Waals surface area contributed by atoms with Crippen molar-refractivity contribution in [3.05, 3.63) is 35.4 Å². The fourth-order valence-corrected chi connectivity index (χ4v) is 5.27. The number of nitrogens with one attached hydrogen (secondary N) is 2. The van der Waals surface area contributed by atoms with Crippen LogP contribution >= 0.6 is 11.8 Å². The highest BCUT2D eigenvalue weighted by molar-refractivity contribution is 7.99. The number of rotatable bonds is 3. The normalized spacial score (nSPS) is 28.2. The lowest BCUT2D eigenvalue weighted by molar-refractivity contribution is -0.134. The van der Waals surface area contributed by atoms with E-state index in [2.05, 4.69) is 16.7 Å². The van der Waals surface area contributed by atoms with Crippen molar-refractivity contribution in [2.75, 3.05) is 18.1 Å². The first-order chi connectivity index (χ1) is 12.1. The molecule has 1 aromatic rings. The van der Waals surface area contributed by atoms with E-state index in [0.717, 1.165) is 35.5 Å². The molecule has 7 heteroatoms. The summed E-state index contributed by atoms with van der Waals surface area (Å²) in [6.07, 6.45) is 3.56. The molecule has 0 saturated carbocycles. The van der Waals surface area contributed by atoms with E-state index in [4.69, 9.17) is 0 Å². The number of hydrogen-bond donors (Lipinski definition) is 2. The molecule has 0 bridgehead atoms. The van der Waals surface area contributed by atoms with Crippen LogP contribution in [0.2, 0.25) is 0 Å². The van der Waals surface area contributed by atoms with Crippen molar-refractivity contribution in [3.8, 4) is 0 Å². The van der Waals surface area contributed by atoms with Gasteiger partial charge in [0.2, 0.25) is 5.91 Å². The highest BCUT2D eigenvalue weighted by Crippen LogP contribution is 2.33. The maximum absolute atomic E-state index is 12.6. The van der Waals surface area contributed by atoms with Gasteiger partial charge >= 0.3 is 6.03 Å². The summed E-state index contributed by atoms with van der Waals surface area (Å²) >= 11 is 1.65. The Bertz CT molecular complexity index is 730. The largest absolute Gasteiger partial charge is 0.348 e. The van der Waals surface area contributed by atoms with Gasteiger partial charge in [0, 0.05) is 5.75 Å². The van der Waals surface area contributed by atoms with E-state index < -0.39 is 11.6 Å². The molecule has 0 radical (unpaired) electrons. The van der Waals surface area contributed by atoms with Crippen molar-refractivity contribution >= 4 is 29.6 Å². The van der Waals surface area contributed by atoms with E-state index in [0.29, 0.717) is 12.2 Å². The van der Waals surface area contributed by atoms with Crippen LogP contribution in [0, 0.1) is 0 Å². The van der Waals surface area contributed by atoms with Crippen LogP contribution in [-0.4, -0.2) is 46.3 Å². The van der Waals surface area contributed by atoms with E-state index >= 15 is 0 Å². The Morgan fingerprint density at radius 1 is 1.36 bits per heavy atom. The van der Waals surface area contributed by atoms with E-state index in [1.165, 1.54) is 5.56 Å². The van der Waals surface area contributed by atoms with Gasteiger partial charge in [-0.25, -0.2) is 4.79 Å². The van der Waals surface area contributed by atoms with Gasteiger partial charge in [-0.1, -0.05) is 24.3 Å². The van der Waals surface area contributed by atoms with E-state index in [9.17, 15) is 14.4 Å². The number of thioether (sulfide) groups is 1. The predicted octanol–water partition coefficient (Wildman–Crippen LogP) is 1.61. The number of imide groups is 1. The third-order valence-electron chi connectivity index (χ3n) is 5.27. The van der Waals surface area contributed by atoms with Crippen molar-refractivity contribution in [2.45, 2.75) is 37.3 Å². The number of nitrogens with zero attached hydrogens (tertiary/aromatic N) is 1. The van der Waals surface area contributed by atoms with E-state index in [1.807, 2.05) is 18.2 Å². The molecule has 4 amide bonds. The SMILES string of the molecule is O=C(CN1C(=O)N[C@]2(CCSC2)C1=O)N[C@@H]1CCCc2ccccc21. The number of benzene rings is 1. The van der Waals surface area contributed by atoms with Crippen molar-refractivity contribution in [1.29, 1.82) is 0 Å². The first-order valence-electron chi connectivity index (χ1n) is 8.68. The molecular weight excluding hydrogens is 338 g/mol. The Balaban J connectivity index is 1.43. The summed E-state index contributed by atoms with van der Waals surface area (Å²) in [7, 11) is 0. The summed E-state index contributed by atoms with van der Waals surface area (Å²) in [5, 5.41) is 5.79. The molecule has 1 aliphatic carbocycles. The predicted molar refractivity (Wildman–Crippen MR) is 95.2 cm³/mol. The monoisotopic (exact) mass is 359 g/mol. The molecule has 2 atom stereocenters. The van der Waals surface area contributed by atoms with E-state index in [1.54, 1.807) is 11.8 Å². The average molecular weight is 359 g/mol. The number of urea groups is 1. The first kappa shape index (κ1) is 16.4. The Labute approximate surface area is 150 Å². The molecule has 132 valence electrons. The lowest BCUT2D eigenvalue weighted by atomic mass is 9.88. The summed E-state index contributed by atoms with van der Waals surface area (Å²) in [5.41, 5.74) is 1.61. The molecule has 2 aliphatic heterocycles. The van der Waals surface area contributed by atoms with Gasteiger partial charge in [0.1, 0.15) is 12.1 Å². The summed E-state index contributed by atoms with van der Waals surface area (Å²) in [5.74, 6) is 0.894. The second-order valence-corrected chi connectivity index (χ2v) is 8.02. The topological polar surface area (TPSA) is 78.5 Å². The molecule has 6 nitrogen and oxygen atoms in total. The molecule has 1 spiro atoms. The van der Waals surface area contributed by atoms with Crippen LogP contribution in [0.15, 0.2) is 24.3 Å². The number of carbonyl (C=O) groups excluding carboxylic acids is 3. The molecule has 3 aliphatic rings. The van der Waals surface area contributed by atoms with Crippen LogP contribution in [0.4, 0.5) is 4.79 Å². The number of fused-ring (bicyclic) bond motifs is 1. The zero-order valence-corrected chi connectivity index (χ0v) is 14.7. The van der Waals surface area contributed by atoms with Crippen molar-refractivity contribution in [2.24, 2.45) is 0 Å². The Morgan fingerprint density at radius 3 is 3.00 bits per heavy atom.